The van der Waals surface area contributed by atoms with E-state index in [2.05, 4.69) is 194 Å². The quantitative estimate of drug-likeness (QED) is 0.0159. The number of benzene rings is 4. The van der Waals surface area contributed by atoms with Gasteiger partial charge in [-0.25, -0.2) is 0 Å². The van der Waals surface area contributed by atoms with E-state index in [-0.39, 0.29) is 75.5 Å². The average molecular weight is 1700 g/mol. The van der Waals surface area contributed by atoms with Gasteiger partial charge in [-0.1, -0.05) is 132 Å². The second-order valence-electron chi connectivity index (χ2n) is 36.1. The normalized spacial score (nSPS) is 13.2. The van der Waals surface area contributed by atoms with E-state index in [4.69, 9.17) is 41.9 Å². The van der Waals surface area contributed by atoms with Crippen LogP contribution >= 0.6 is 0 Å². The van der Waals surface area contributed by atoms with E-state index in [9.17, 15) is 38.4 Å². The van der Waals surface area contributed by atoms with Crippen molar-refractivity contribution >= 4 is 70.0 Å². The van der Waals surface area contributed by atoms with Crippen molar-refractivity contribution in [2.45, 2.75) is 232 Å². The van der Waals surface area contributed by atoms with Crippen molar-refractivity contribution in [2.24, 2.45) is 22.9 Å². The number of amides is 8. The maximum Gasteiger partial charge on any atom is 0.257 e. The molecule has 0 saturated carbocycles. The zero-order valence-electron chi connectivity index (χ0n) is 74.1. The first-order valence-corrected chi connectivity index (χ1v) is 43.0. The van der Waals surface area contributed by atoms with Gasteiger partial charge in [-0.15, -0.1) is 0 Å². The van der Waals surface area contributed by atoms with E-state index in [1.165, 1.54) is 0 Å². The topological polar surface area (TPSA) is 425 Å². The summed E-state index contributed by atoms with van der Waals surface area (Å²) in [5.41, 5.74) is 35.2. The van der Waals surface area contributed by atoms with Gasteiger partial charge in [-0.05, 0) is 214 Å². The van der Waals surface area contributed by atoms with Crippen molar-refractivity contribution in [3.63, 3.8) is 0 Å². The number of carbonyl (C=O) groups is 8. The lowest BCUT2D eigenvalue weighted by Gasteiger charge is -2.29. The van der Waals surface area contributed by atoms with Crippen LogP contribution in [0.25, 0.3) is 0 Å². The minimum atomic E-state index is -0.790. The molecule has 9 rings (SSSR count). The fourth-order valence-electron chi connectivity index (χ4n) is 14.2. The van der Waals surface area contributed by atoms with Crippen molar-refractivity contribution < 1.29 is 57.3 Å². The second-order valence-corrected chi connectivity index (χ2v) is 36.1. The number of carbonyl (C=O) groups excluding carboxylic acids is 8. The lowest BCUT2D eigenvalue weighted by atomic mass is 9.79. The predicted molar refractivity (Wildman–Crippen MR) is 485 cm³/mol. The molecule has 1 aliphatic carbocycles. The largest absolute Gasteiger partial charge is 0.483 e. The van der Waals surface area contributed by atoms with Crippen LogP contribution in [0.4, 0.5) is 22.7 Å². The van der Waals surface area contributed by atoms with Crippen LogP contribution in [0.5, 0.6) is 23.0 Å². The Bertz CT molecular complexity index is 4210. The fraction of sp³-hybridized carbons (Fsp3) is 0.458. The molecule has 664 valence electrons. The Balaban J connectivity index is 1.13. The summed E-state index contributed by atoms with van der Waals surface area (Å²) < 4.78 is 28.2. The summed E-state index contributed by atoms with van der Waals surface area (Å²) in [6, 6.07) is 27.2. The summed E-state index contributed by atoms with van der Waals surface area (Å²) in [5.74, 6) is -1.22. The number of anilines is 4. The zero-order chi connectivity index (χ0) is 89.7. The molecule has 0 radical (unpaired) electrons. The first-order valence-electron chi connectivity index (χ1n) is 43.0. The average Bonchev–Trinajstić information content (AvgIpc) is 0.758. The van der Waals surface area contributed by atoms with E-state index < -0.39 is 95.9 Å². The molecule has 4 aromatic carbocycles. The maximum absolute atomic E-state index is 14.5. The molecule has 4 atom stereocenters. The Hall–Kier alpha value is -11.7. The molecular formula is C96H128N16O12. The zero-order valence-corrected chi connectivity index (χ0v) is 74.1. The van der Waals surface area contributed by atoms with Crippen LogP contribution in [0.3, 0.4) is 0 Å². The summed E-state index contributed by atoms with van der Waals surface area (Å²) in [6.45, 7) is 25.1. The van der Waals surface area contributed by atoms with Crippen LogP contribution < -0.4 is 84.4 Å². The highest BCUT2D eigenvalue weighted by molar-refractivity contribution is 5.96. The van der Waals surface area contributed by atoms with E-state index >= 15 is 0 Å². The van der Waals surface area contributed by atoms with Crippen LogP contribution in [0.2, 0.25) is 0 Å². The highest BCUT2D eigenvalue weighted by Crippen LogP contribution is 2.45. The minimum Gasteiger partial charge on any atom is -0.483 e. The molecular weight excluding hydrogens is 1570 g/mol. The molecule has 8 aromatic rings. The Morgan fingerprint density at radius 2 is 0.460 bits per heavy atom. The Morgan fingerprint density at radius 1 is 0.290 bits per heavy atom. The third kappa shape index (κ3) is 30.4. The number of aromatic nitrogens is 4. The molecule has 1 aliphatic rings. The van der Waals surface area contributed by atoms with Crippen molar-refractivity contribution in [1.29, 1.82) is 0 Å². The lowest BCUT2D eigenvalue weighted by molar-refractivity contribution is -0.123. The SMILES string of the molecule is CC(C)(C)c1cc2c(OCC(=O)NCCCCC(N)C(=O)Nc3ccncc3)c(c1)Cc1cc(C(C)(C)C)cc(c1OCC(=O)NCCCCC(N)C(=O)Nc1ccncc1)Cc1cc(C(C)(C)C)cc(c1OCC(=O)NCCCCC(N)C(=O)Nc1ccncc1)Cc1cc(C(C)(C)C)cc(c1OCC(=O)NCCCCC(N)C(=O)Nc1ccncc1)C2. The minimum absolute atomic E-state index is 0.148. The summed E-state index contributed by atoms with van der Waals surface area (Å²) in [6.07, 6.45) is 19.0. The molecule has 28 nitrogen and oxygen atoms in total. The molecule has 0 saturated heterocycles. The first kappa shape index (κ1) is 96.1. The summed E-state index contributed by atoms with van der Waals surface area (Å²) in [7, 11) is 0. The Morgan fingerprint density at radius 3 is 0.621 bits per heavy atom. The molecule has 0 spiro atoms. The summed E-state index contributed by atoms with van der Waals surface area (Å²) in [4.78, 5) is 126. The van der Waals surface area contributed by atoms with Gasteiger partial charge in [0.2, 0.25) is 23.6 Å². The van der Waals surface area contributed by atoms with Gasteiger partial charge in [-0.3, -0.25) is 58.3 Å². The molecule has 16 N–H and O–H groups in total. The smallest absolute Gasteiger partial charge is 0.257 e. The highest BCUT2D eigenvalue weighted by atomic mass is 16.5. The maximum atomic E-state index is 14.5. The number of hydrogen-bond acceptors (Lipinski definition) is 20. The number of nitrogens with one attached hydrogen (secondary N) is 8. The second kappa shape index (κ2) is 45.6. The molecule has 8 amide bonds. The number of fused-ring (bicyclic) bond motifs is 8. The third-order valence-electron chi connectivity index (χ3n) is 21.5. The van der Waals surface area contributed by atoms with Gasteiger partial charge in [0.1, 0.15) is 23.0 Å². The monoisotopic (exact) mass is 1700 g/mol. The molecule has 0 fully saturated rings. The van der Waals surface area contributed by atoms with Gasteiger partial charge >= 0.3 is 0 Å². The van der Waals surface area contributed by atoms with Crippen LogP contribution in [-0.4, -0.2) is 144 Å². The van der Waals surface area contributed by atoms with Crippen LogP contribution in [0.15, 0.2) is 147 Å². The number of unbranched alkanes of at least 4 members (excludes halogenated alkanes) is 4. The standard InChI is InChI=1S/C96H128N16O12/c1-93(2,3)69-49-61-45-63-51-70(94(4,5)6)53-65(86(63)122-58-82(114)106-34-18-14-22-78(98)90(118)110-74-27-39-102-40-28-74)47-67-55-72(96(10,11)12)56-68(88(67)124-60-84(116)108-36-20-16-24-80(100)92(120)112-76-31-43-104-44-32-76)48-66-54-71(95(7,8)9)52-64(87(66)123-59-83(115)107-35-19-15-23-79(99)91(119)111-75-29-41-103-42-30-75)46-62(50-69)85(61)121-57-81(113)105-33-17-13-21-77(97)89(117)109-73-25-37-101-38-26-73/h25-32,37-44,49-56,77-80H,13-24,33-36,45-48,57-60,97-100H2,1-12H3,(H,105,113)(H,106,114)(H,107,115)(H,108,116)(H,101,109,117)(H,102,110,118)(H,103,111,119)(H,104,112,120). The van der Waals surface area contributed by atoms with Crippen LogP contribution in [0.1, 0.15) is 227 Å². The molecule has 28 heteroatoms. The fourth-order valence-corrected chi connectivity index (χ4v) is 14.2. The molecule has 0 aliphatic heterocycles. The molecule has 124 heavy (non-hydrogen) atoms. The van der Waals surface area contributed by atoms with E-state index in [0.29, 0.717) is 167 Å². The van der Waals surface area contributed by atoms with Gasteiger partial charge < -0.3 is 84.4 Å². The number of rotatable bonds is 40. The Kier molecular flexibility index (Phi) is 35.3. The molecule has 4 heterocycles. The van der Waals surface area contributed by atoms with Crippen LogP contribution in [0, 0.1) is 0 Å². The number of nitrogens with zero attached hydrogens (tertiary/aromatic N) is 4. The van der Waals surface area contributed by atoms with Crippen molar-refractivity contribution in [2.75, 3.05) is 73.9 Å². The predicted octanol–water partition coefficient (Wildman–Crippen LogP) is 11.7. The van der Waals surface area contributed by atoms with Gasteiger partial charge in [0.05, 0.1) is 24.2 Å². The number of ether oxygens (including phenoxy) is 4. The van der Waals surface area contributed by atoms with E-state index in [1.54, 1.807) is 98.1 Å². The van der Waals surface area contributed by atoms with Crippen LogP contribution in [-0.2, 0) is 85.7 Å². The van der Waals surface area contributed by atoms with E-state index in [0.717, 1.165) is 22.3 Å². The number of pyridine rings is 4. The van der Waals surface area contributed by atoms with Crippen molar-refractivity contribution in [3.8, 4) is 23.0 Å². The summed E-state index contributed by atoms with van der Waals surface area (Å²) in [5, 5.41) is 23.5. The lowest BCUT2D eigenvalue weighted by Crippen LogP contribution is -2.36. The first-order chi connectivity index (χ1) is 58.9. The number of nitrogens with two attached hydrogens (primary N) is 4. The van der Waals surface area contributed by atoms with Gasteiger partial charge in [-0.2, -0.15) is 0 Å². The van der Waals surface area contributed by atoms with Gasteiger partial charge in [0.25, 0.3) is 23.6 Å². The summed E-state index contributed by atoms with van der Waals surface area (Å²) >= 11 is 0. The van der Waals surface area contributed by atoms with Crippen molar-refractivity contribution in [3.05, 3.63) is 213 Å². The van der Waals surface area contributed by atoms with Gasteiger partial charge in [0, 0.05) is 124 Å². The van der Waals surface area contributed by atoms with E-state index in [1.807, 2.05) is 0 Å². The third-order valence-corrected chi connectivity index (χ3v) is 21.5. The Labute approximate surface area is 729 Å². The molecule has 4 unspecified atom stereocenters. The molecule has 4 aromatic heterocycles. The van der Waals surface area contributed by atoms with Gasteiger partial charge in [0.15, 0.2) is 26.4 Å². The van der Waals surface area contributed by atoms with Crippen molar-refractivity contribution in [1.82, 2.24) is 41.2 Å². The molecule has 8 bridgehead atoms. The number of hydrogen-bond donors (Lipinski definition) is 12. The highest BCUT2D eigenvalue weighted by Gasteiger charge is 2.32.